The van der Waals surface area contributed by atoms with E-state index in [1.54, 1.807) is 0 Å². The van der Waals surface area contributed by atoms with Gasteiger partial charge < -0.3 is 9.47 Å². The number of hydrogen-bond acceptors (Lipinski definition) is 4. The van der Waals surface area contributed by atoms with Gasteiger partial charge in [-0.2, -0.15) is 0 Å². The van der Waals surface area contributed by atoms with Gasteiger partial charge in [-0.3, -0.25) is 9.59 Å². The Labute approximate surface area is 152 Å². The molecule has 0 aromatic rings. The van der Waals surface area contributed by atoms with Crippen LogP contribution in [0.25, 0.3) is 0 Å². The molecule has 142 valence electrons. The molecule has 0 N–H and O–H groups in total. The highest BCUT2D eigenvalue weighted by Crippen LogP contribution is 2.39. The Morgan fingerprint density at radius 3 is 1.32 bits per heavy atom. The second-order valence-electron chi connectivity index (χ2n) is 8.33. The van der Waals surface area contributed by atoms with Gasteiger partial charge in [-0.1, -0.05) is 38.5 Å². The maximum Gasteiger partial charge on any atom is 0.323 e. The van der Waals surface area contributed by atoms with Crippen LogP contribution in [0.15, 0.2) is 0 Å². The molecule has 0 heterocycles. The largest absolute Gasteiger partial charge is 0.462 e. The molecule has 3 rings (SSSR count). The van der Waals surface area contributed by atoms with Gasteiger partial charge in [0.2, 0.25) is 0 Å². The minimum atomic E-state index is -1.04. The zero-order chi connectivity index (χ0) is 17.5. The molecule has 0 atom stereocenters. The lowest BCUT2D eigenvalue weighted by atomic mass is 9.80. The van der Waals surface area contributed by atoms with Crippen molar-refractivity contribution in [3.05, 3.63) is 0 Å². The van der Waals surface area contributed by atoms with Crippen LogP contribution in [0.4, 0.5) is 0 Å². The third-order valence-corrected chi connectivity index (χ3v) is 6.39. The molecule has 0 radical (unpaired) electrons. The van der Waals surface area contributed by atoms with Gasteiger partial charge in [0.1, 0.15) is 12.2 Å². The smallest absolute Gasteiger partial charge is 0.323 e. The van der Waals surface area contributed by atoms with E-state index in [0.29, 0.717) is 12.8 Å². The fourth-order valence-electron chi connectivity index (χ4n) is 4.72. The first-order chi connectivity index (χ1) is 12.2. The van der Waals surface area contributed by atoms with E-state index < -0.39 is 5.41 Å². The van der Waals surface area contributed by atoms with E-state index in [4.69, 9.17) is 9.47 Å². The van der Waals surface area contributed by atoms with Gasteiger partial charge in [0, 0.05) is 0 Å². The van der Waals surface area contributed by atoms with Crippen molar-refractivity contribution < 1.29 is 19.1 Å². The summed E-state index contributed by atoms with van der Waals surface area (Å²) in [4.78, 5) is 26.2. The van der Waals surface area contributed by atoms with Crippen LogP contribution in [-0.4, -0.2) is 24.1 Å². The van der Waals surface area contributed by atoms with Crippen molar-refractivity contribution in [2.45, 2.75) is 115 Å². The second-order valence-corrected chi connectivity index (χ2v) is 8.33. The highest BCUT2D eigenvalue weighted by atomic mass is 16.6. The number of esters is 2. The third kappa shape index (κ3) is 4.77. The van der Waals surface area contributed by atoms with Gasteiger partial charge in [-0.25, -0.2) is 0 Å². The molecule has 4 nitrogen and oxygen atoms in total. The van der Waals surface area contributed by atoms with Crippen LogP contribution in [0.3, 0.4) is 0 Å². The second kappa shape index (κ2) is 9.05. The standard InChI is InChI=1S/C21H34O4/c22-19(24-17-11-5-3-6-12-17)21(15-9-1-2-10-16-21)20(23)25-18-13-7-4-8-14-18/h17-18H,1-16H2. The molecule has 0 aliphatic heterocycles. The zero-order valence-electron chi connectivity index (χ0n) is 15.6. The van der Waals surface area contributed by atoms with Crippen LogP contribution in [0.5, 0.6) is 0 Å². The first-order valence-electron chi connectivity index (χ1n) is 10.6. The predicted molar refractivity (Wildman–Crippen MR) is 96.1 cm³/mol. The lowest BCUT2D eigenvalue weighted by Gasteiger charge is -2.33. The summed E-state index contributed by atoms with van der Waals surface area (Å²) >= 11 is 0. The summed E-state index contributed by atoms with van der Waals surface area (Å²) in [5.41, 5.74) is -1.04. The van der Waals surface area contributed by atoms with Gasteiger partial charge in [0.05, 0.1) is 0 Å². The van der Waals surface area contributed by atoms with Crippen molar-refractivity contribution in [1.29, 1.82) is 0 Å². The summed E-state index contributed by atoms with van der Waals surface area (Å²) in [6.07, 6.45) is 15.9. The Balaban J connectivity index is 1.69. The molecule has 3 aliphatic carbocycles. The number of rotatable bonds is 4. The van der Waals surface area contributed by atoms with Crippen molar-refractivity contribution in [1.82, 2.24) is 0 Å². The summed E-state index contributed by atoms with van der Waals surface area (Å²) in [7, 11) is 0. The lowest BCUT2D eigenvalue weighted by Crippen LogP contribution is -2.44. The van der Waals surface area contributed by atoms with Crippen LogP contribution < -0.4 is 0 Å². The molecular formula is C21H34O4. The highest BCUT2D eigenvalue weighted by Gasteiger charge is 2.50. The van der Waals surface area contributed by atoms with Crippen LogP contribution >= 0.6 is 0 Å². The van der Waals surface area contributed by atoms with E-state index in [9.17, 15) is 9.59 Å². The van der Waals surface area contributed by atoms with Crippen molar-refractivity contribution in [3.8, 4) is 0 Å². The number of carbonyl (C=O) groups excluding carboxylic acids is 2. The van der Waals surface area contributed by atoms with Crippen LogP contribution in [0, 0.1) is 5.41 Å². The number of ether oxygens (including phenoxy) is 2. The van der Waals surface area contributed by atoms with E-state index >= 15 is 0 Å². The van der Waals surface area contributed by atoms with E-state index in [1.165, 1.54) is 12.8 Å². The lowest BCUT2D eigenvalue weighted by molar-refractivity contribution is -0.181. The summed E-state index contributed by atoms with van der Waals surface area (Å²) in [5, 5.41) is 0. The molecule has 25 heavy (non-hydrogen) atoms. The molecule has 0 unspecified atom stereocenters. The molecule has 0 spiro atoms. The van der Waals surface area contributed by atoms with E-state index in [1.807, 2.05) is 0 Å². The van der Waals surface area contributed by atoms with Gasteiger partial charge in [-0.15, -0.1) is 0 Å². The average Bonchev–Trinajstić information content (AvgIpc) is 2.90. The Hall–Kier alpha value is -1.06. The molecule has 0 aromatic heterocycles. The summed E-state index contributed by atoms with van der Waals surface area (Å²) < 4.78 is 11.7. The number of carbonyl (C=O) groups is 2. The predicted octanol–water partition coefficient (Wildman–Crippen LogP) is 5.08. The summed E-state index contributed by atoms with van der Waals surface area (Å²) in [6.45, 7) is 0. The van der Waals surface area contributed by atoms with E-state index in [2.05, 4.69) is 0 Å². The first kappa shape index (κ1) is 18.7. The summed E-state index contributed by atoms with van der Waals surface area (Å²) in [5.74, 6) is -0.579. The quantitative estimate of drug-likeness (QED) is 0.403. The van der Waals surface area contributed by atoms with Crippen molar-refractivity contribution in [3.63, 3.8) is 0 Å². The third-order valence-electron chi connectivity index (χ3n) is 6.39. The molecule has 4 heteroatoms. The Morgan fingerprint density at radius 2 is 0.920 bits per heavy atom. The molecule has 3 aliphatic rings. The maximum atomic E-state index is 13.1. The fraction of sp³-hybridized carbons (Fsp3) is 0.905. The molecule has 3 saturated carbocycles. The van der Waals surface area contributed by atoms with E-state index in [-0.39, 0.29) is 24.1 Å². The van der Waals surface area contributed by atoms with Crippen molar-refractivity contribution >= 4 is 11.9 Å². The van der Waals surface area contributed by atoms with Crippen molar-refractivity contribution in [2.75, 3.05) is 0 Å². The van der Waals surface area contributed by atoms with E-state index in [0.717, 1.165) is 77.0 Å². The average molecular weight is 350 g/mol. The SMILES string of the molecule is O=C(OC1CCCCC1)C1(C(=O)OC2CCCCC2)CCCCCC1. The van der Waals surface area contributed by atoms with Gasteiger partial charge >= 0.3 is 11.9 Å². The topological polar surface area (TPSA) is 52.6 Å². The first-order valence-corrected chi connectivity index (χ1v) is 10.6. The minimum Gasteiger partial charge on any atom is -0.462 e. The molecule has 0 amide bonds. The Bertz CT molecular complexity index is 405. The number of hydrogen-bond donors (Lipinski definition) is 0. The highest BCUT2D eigenvalue weighted by molar-refractivity contribution is 6.00. The van der Waals surface area contributed by atoms with Gasteiger partial charge in [0.15, 0.2) is 5.41 Å². The molecule has 0 saturated heterocycles. The Kier molecular flexibility index (Phi) is 6.77. The van der Waals surface area contributed by atoms with Crippen LogP contribution in [0.2, 0.25) is 0 Å². The Morgan fingerprint density at radius 1 is 0.560 bits per heavy atom. The van der Waals surface area contributed by atoms with Crippen LogP contribution in [-0.2, 0) is 19.1 Å². The fourth-order valence-corrected chi connectivity index (χ4v) is 4.72. The molecular weight excluding hydrogens is 316 g/mol. The minimum absolute atomic E-state index is 0.00357. The van der Waals surface area contributed by atoms with Gasteiger partial charge in [0.25, 0.3) is 0 Å². The zero-order valence-corrected chi connectivity index (χ0v) is 15.6. The molecule has 0 bridgehead atoms. The summed E-state index contributed by atoms with van der Waals surface area (Å²) in [6, 6.07) is 0. The maximum absolute atomic E-state index is 13.1. The van der Waals surface area contributed by atoms with Crippen molar-refractivity contribution in [2.24, 2.45) is 5.41 Å². The monoisotopic (exact) mass is 350 g/mol. The normalized spacial score (nSPS) is 25.8. The molecule has 0 aromatic carbocycles. The van der Waals surface area contributed by atoms with Crippen LogP contribution in [0.1, 0.15) is 103 Å². The van der Waals surface area contributed by atoms with Gasteiger partial charge in [-0.05, 0) is 64.2 Å². The molecule has 3 fully saturated rings.